The Labute approximate surface area is 137 Å². The number of benzene rings is 1. The number of amides is 1. The molecule has 2 aliphatic rings. The molecule has 2 heterocycles. The van der Waals surface area contributed by atoms with Crippen molar-refractivity contribution in [3.05, 3.63) is 39.8 Å². The van der Waals surface area contributed by atoms with E-state index in [0.29, 0.717) is 31.4 Å². The molecule has 1 aliphatic heterocycles. The number of carbonyl (C=O) groups is 2. The van der Waals surface area contributed by atoms with Crippen LogP contribution in [0.4, 0.5) is 4.79 Å². The van der Waals surface area contributed by atoms with Crippen LogP contribution in [0.5, 0.6) is 0 Å². The van der Waals surface area contributed by atoms with Gasteiger partial charge in [0.15, 0.2) is 5.78 Å². The highest BCUT2D eigenvalue weighted by Gasteiger charge is 2.47. The number of imidazole rings is 1. The minimum absolute atomic E-state index is 0.0879. The SMILES string of the molecule is O=C1CC2(CCN(C(=O)O)C2)C/C1=C\c1ccc2[nH]c(=O)[nH]c2c1. The maximum atomic E-state index is 12.4. The van der Waals surface area contributed by atoms with E-state index in [2.05, 4.69) is 9.97 Å². The lowest BCUT2D eigenvalue weighted by Crippen LogP contribution is -2.29. The highest BCUT2D eigenvalue weighted by molar-refractivity contribution is 6.02. The number of likely N-dealkylation sites (tertiary alicyclic amines) is 1. The summed E-state index contributed by atoms with van der Waals surface area (Å²) in [6, 6.07) is 5.49. The van der Waals surface area contributed by atoms with Gasteiger partial charge in [0.1, 0.15) is 0 Å². The van der Waals surface area contributed by atoms with E-state index in [0.717, 1.165) is 23.1 Å². The van der Waals surface area contributed by atoms with Gasteiger partial charge in [-0.05, 0) is 42.2 Å². The van der Waals surface area contributed by atoms with E-state index in [1.807, 2.05) is 18.2 Å². The number of allylic oxidation sites excluding steroid dienone is 1. The third-order valence-corrected chi connectivity index (χ3v) is 5.05. The summed E-state index contributed by atoms with van der Waals surface area (Å²) in [6.45, 7) is 0.919. The van der Waals surface area contributed by atoms with Crippen molar-refractivity contribution in [2.75, 3.05) is 13.1 Å². The second-order valence-corrected chi connectivity index (χ2v) is 6.78. The molecule has 0 radical (unpaired) electrons. The molecule has 1 aliphatic carbocycles. The Morgan fingerprint density at radius 2 is 2.00 bits per heavy atom. The quantitative estimate of drug-likeness (QED) is 0.696. The van der Waals surface area contributed by atoms with Gasteiger partial charge in [0, 0.05) is 24.9 Å². The molecule has 1 saturated carbocycles. The Balaban J connectivity index is 1.61. The number of aromatic nitrogens is 2. The number of H-pyrrole nitrogens is 2. The highest BCUT2D eigenvalue weighted by atomic mass is 16.4. The number of carbonyl (C=O) groups excluding carboxylic acids is 1. The zero-order valence-corrected chi connectivity index (χ0v) is 13.0. The summed E-state index contributed by atoms with van der Waals surface area (Å²) in [5, 5.41) is 9.12. The Morgan fingerprint density at radius 1 is 1.21 bits per heavy atom. The molecule has 2 aromatic rings. The first kappa shape index (κ1) is 14.7. The van der Waals surface area contributed by atoms with Gasteiger partial charge in [-0.25, -0.2) is 9.59 Å². The number of rotatable bonds is 1. The fourth-order valence-corrected chi connectivity index (χ4v) is 3.88. The van der Waals surface area contributed by atoms with Crippen molar-refractivity contribution in [1.82, 2.24) is 14.9 Å². The molecule has 1 saturated heterocycles. The predicted octanol–water partition coefficient (Wildman–Crippen LogP) is 1.97. The van der Waals surface area contributed by atoms with Gasteiger partial charge in [-0.15, -0.1) is 0 Å². The molecule has 1 spiro atoms. The average Bonchev–Trinajstić information content (AvgIpc) is 3.17. The topological polar surface area (TPSA) is 106 Å². The van der Waals surface area contributed by atoms with Crippen molar-refractivity contribution in [1.29, 1.82) is 0 Å². The molecule has 1 atom stereocenters. The number of fused-ring (bicyclic) bond motifs is 1. The summed E-state index contributed by atoms with van der Waals surface area (Å²) in [4.78, 5) is 41.6. The lowest BCUT2D eigenvalue weighted by Gasteiger charge is -2.20. The van der Waals surface area contributed by atoms with Crippen LogP contribution in [0.25, 0.3) is 17.1 Å². The van der Waals surface area contributed by atoms with Gasteiger partial charge in [-0.1, -0.05) is 6.07 Å². The van der Waals surface area contributed by atoms with E-state index in [9.17, 15) is 14.4 Å². The summed E-state index contributed by atoms with van der Waals surface area (Å²) >= 11 is 0. The van der Waals surface area contributed by atoms with Gasteiger partial charge in [0.2, 0.25) is 0 Å². The van der Waals surface area contributed by atoms with Crippen LogP contribution in [0.1, 0.15) is 24.8 Å². The van der Waals surface area contributed by atoms with Gasteiger partial charge in [-0.3, -0.25) is 4.79 Å². The fraction of sp³-hybridized carbons (Fsp3) is 0.353. The Morgan fingerprint density at radius 3 is 2.75 bits per heavy atom. The van der Waals surface area contributed by atoms with Gasteiger partial charge < -0.3 is 20.0 Å². The third-order valence-electron chi connectivity index (χ3n) is 5.05. The van der Waals surface area contributed by atoms with E-state index in [4.69, 9.17) is 5.11 Å². The van der Waals surface area contributed by atoms with Crippen LogP contribution in [0.2, 0.25) is 0 Å². The molecule has 7 heteroatoms. The largest absolute Gasteiger partial charge is 0.465 e. The molecule has 24 heavy (non-hydrogen) atoms. The first-order chi connectivity index (χ1) is 11.4. The number of nitrogens with zero attached hydrogens (tertiary/aromatic N) is 1. The standard InChI is InChI=1S/C17H17N3O4/c21-14-8-17(3-4-20(9-17)16(23)24)7-11(14)5-10-1-2-12-13(6-10)19-15(22)18-12/h1-2,5-6H,3-4,7-9H2,(H,23,24)(H2,18,19,22)/b11-5+. The van der Waals surface area contributed by atoms with Crippen molar-refractivity contribution in [2.45, 2.75) is 19.3 Å². The van der Waals surface area contributed by atoms with Crippen LogP contribution < -0.4 is 5.69 Å². The number of hydrogen-bond donors (Lipinski definition) is 3. The monoisotopic (exact) mass is 327 g/mol. The number of ketones is 1. The third kappa shape index (κ3) is 2.42. The maximum absolute atomic E-state index is 12.4. The Hall–Kier alpha value is -2.83. The molecule has 4 rings (SSSR count). The van der Waals surface area contributed by atoms with Crippen LogP contribution in [0.3, 0.4) is 0 Å². The lowest BCUT2D eigenvalue weighted by molar-refractivity contribution is -0.115. The summed E-state index contributed by atoms with van der Waals surface area (Å²) in [5.74, 6) is 0.0879. The average molecular weight is 327 g/mol. The number of nitrogens with one attached hydrogen (secondary N) is 2. The first-order valence-electron chi connectivity index (χ1n) is 7.88. The van der Waals surface area contributed by atoms with Crippen LogP contribution in [0.15, 0.2) is 28.6 Å². The maximum Gasteiger partial charge on any atom is 0.407 e. The molecule has 1 unspecified atom stereocenters. The molecule has 7 nitrogen and oxygen atoms in total. The minimum Gasteiger partial charge on any atom is -0.465 e. The van der Waals surface area contributed by atoms with Gasteiger partial charge in [0.05, 0.1) is 11.0 Å². The summed E-state index contributed by atoms with van der Waals surface area (Å²) in [5.41, 5.74) is 2.51. The van der Waals surface area contributed by atoms with Gasteiger partial charge in [-0.2, -0.15) is 0 Å². The van der Waals surface area contributed by atoms with Gasteiger partial charge >= 0.3 is 11.8 Å². The van der Waals surface area contributed by atoms with E-state index in [1.165, 1.54) is 4.90 Å². The van der Waals surface area contributed by atoms with Crippen LogP contribution in [0, 0.1) is 5.41 Å². The lowest BCUT2D eigenvalue weighted by atomic mass is 9.85. The van der Waals surface area contributed by atoms with Crippen LogP contribution in [-0.2, 0) is 4.79 Å². The molecule has 2 fully saturated rings. The van der Waals surface area contributed by atoms with E-state index in [1.54, 1.807) is 6.07 Å². The van der Waals surface area contributed by atoms with E-state index >= 15 is 0 Å². The van der Waals surface area contributed by atoms with E-state index in [-0.39, 0.29) is 16.9 Å². The normalized spacial score (nSPS) is 25.4. The zero-order chi connectivity index (χ0) is 16.9. The van der Waals surface area contributed by atoms with Crippen molar-refractivity contribution in [3.8, 4) is 0 Å². The summed E-state index contributed by atoms with van der Waals surface area (Å²) in [6.07, 6.45) is 2.68. The van der Waals surface area contributed by atoms with Crippen LogP contribution in [-0.4, -0.2) is 44.9 Å². The zero-order valence-electron chi connectivity index (χ0n) is 13.0. The van der Waals surface area contributed by atoms with Crippen molar-refractivity contribution in [3.63, 3.8) is 0 Å². The molecule has 1 aromatic carbocycles. The van der Waals surface area contributed by atoms with Gasteiger partial charge in [0.25, 0.3) is 0 Å². The summed E-state index contributed by atoms with van der Waals surface area (Å²) in [7, 11) is 0. The smallest absolute Gasteiger partial charge is 0.407 e. The molecule has 1 aromatic heterocycles. The molecule has 0 bridgehead atoms. The fourth-order valence-electron chi connectivity index (χ4n) is 3.88. The molecule has 3 N–H and O–H groups in total. The highest BCUT2D eigenvalue weighted by Crippen LogP contribution is 2.46. The number of carboxylic acid groups (broad SMARTS) is 1. The second-order valence-electron chi connectivity index (χ2n) is 6.78. The molecule has 124 valence electrons. The number of Topliss-reactive ketones (excluding diaryl/α,β-unsaturated/α-hetero) is 1. The van der Waals surface area contributed by atoms with Crippen molar-refractivity contribution < 1.29 is 14.7 Å². The van der Waals surface area contributed by atoms with Crippen molar-refractivity contribution >= 4 is 29.0 Å². The van der Waals surface area contributed by atoms with Crippen molar-refractivity contribution in [2.24, 2.45) is 5.41 Å². The van der Waals surface area contributed by atoms with Crippen LogP contribution >= 0.6 is 0 Å². The predicted molar refractivity (Wildman–Crippen MR) is 87.8 cm³/mol. The second kappa shape index (κ2) is 5.09. The first-order valence-corrected chi connectivity index (χ1v) is 7.88. The van der Waals surface area contributed by atoms with E-state index < -0.39 is 6.09 Å². The molecular weight excluding hydrogens is 310 g/mol. The number of aromatic amines is 2. The Bertz CT molecular complexity index is 939. The molecule has 1 amide bonds. The molecular formula is C17H17N3O4. The minimum atomic E-state index is -0.918. The summed E-state index contributed by atoms with van der Waals surface area (Å²) < 4.78 is 0. The Kier molecular flexibility index (Phi) is 3.13. The number of hydrogen-bond acceptors (Lipinski definition) is 3.